The molecular formula is C24H28N3OS+. The van der Waals surface area contributed by atoms with Crippen LogP contribution in [0.15, 0.2) is 60.0 Å². The van der Waals surface area contributed by atoms with Crippen molar-refractivity contribution in [3.8, 4) is 10.6 Å². The van der Waals surface area contributed by atoms with Crippen LogP contribution in [0.3, 0.4) is 0 Å². The van der Waals surface area contributed by atoms with Crippen molar-refractivity contribution in [2.75, 3.05) is 26.2 Å². The summed E-state index contributed by atoms with van der Waals surface area (Å²) in [6.07, 6.45) is 0. The molecule has 1 aliphatic rings. The largest absolute Gasteiger partial charge is 0.327 e. The Hall–Kier alpha value is -2.50. The van der Waals surface area contributed by atoms with Crippen LogP contribution >= 0.6 is 11.3 Å². The first-order valence-electron chi connectivity index (χ1n) is 10.3. The molecule has 3 aromatic rings. The van der Waals surface area contributed by atoms with Crippen LogP contribution in [0.4, 0.5) is 0 Å². The van der Waals surface area contributed by atoms with Gasteiger partial charge >= 0.3 is 0 Å². The summed E-state index contributed by atoms with van der Waals surface area (Å²) in [7, 11) is 0. The monoisotopic (exact) mass is 406 g/mol. The maximum Gasteiger partial charge on any atom is 0.254 e. The van der Waals surface area contributed by atoms with E-state index in [4.69, 9.17) is 4.98 Å². The fourth-order valence-corrected chi connectivity index (χ4v) is 4.58. The smallest absolute Gasteiger partial charge is 0.254 e. The number of nitrogens with zero attached hydrogens (tertiary/aromatic N) is 2. The van der Waals surface area contributed by atoms with Gasteiger partial charge in [-0.1, -0.05) is 56.3 Å². The molecule has 150 valence electrons. The van der Waals surface area contributed by atoms with E-state index in [1.54, 1.807) is 11.3 Å². The molecular weight excluding hydrogens is 378 g/mol. The van der Waals surface area contributed by atoms with Crippen molar-refractivity contribution in [3.63, 3.8) is 0 Å². The number of hydrogen-bond donors (Lipinski definition) is 1. The van der Waals surface area contributed by atoms with Crippen LogP contribution < -0.4 is 4.90 Å². The minimum atomic E-state index is 0.144. The zero-order valence-corrected chi connectivity index (χ0v) is 17.9. The maximum atomic E-state index is 12.6. The quantitative estimate of drug-likeness (QED) is 0.705. The highest BCUT2D eigenvalue weighted by molar-refractivity contribution is 7.13. The van der Waals surface area contributed by atoms with Gasteiger partial charge in [-0.3, -0.25) is 4.79 Å². The van der Waals surface area contributed by atoms with Crippen molar-refractivity contribution in [1.82, 2.24) is 9.88 Å². The molecule has 5 heteroatoms. The summed E-state index contributed by atoms with van der Waals surface area (Å²) >= 11 is 1.72. The molecule has 0 aliphatic carbocycles. The Bertz CT molecular complexity index is 942. The van der Waals surface area contributed by atoms with E-state index in [1.165, 1.54) is 16.0 Å². The highest BCUT2D eigenvalue weighted by Crippen LogP contribution is 2.25. The van der Waals surface area contributed by atoms with E-state index in [1.807, 2.05) is 35.2 Å². The third-order valence-electron chi connectivity index (χ3n) is 5.59. The molecule has 4 nitrogen and oxygen atoms in total. The Morgan fingerprint density at radius 2 is 1.76 bits per heavy atom. The molecule has 1 amide bonds. The van der Waals surface area contributed by atoms with Crippen LogP contribution in [0, 0.1) is 0 Å². The van der Waals surface area contributed by atoms with Gasteiger partial charge in [-0.25, -0.2) is 4.98 Å². The number of aromatic nitrogens is 1. The van der Waals surface area contributed by atoms with Crippen molar-refractivity contribution in [2.45, 2.75) is 26.3 Å². The van der Waals surface area contributed by atoms with Crippen molar-refractivity contribution < 1.29 is 9.69 Å². The third kappa shape index (κ3) is 4.74. The molecule has 0 unspecified atom stereocenters. The molecule has 0 spiro atoms. The molecule has 1 N–H and O–H groups in total. The molecule has 1 saturated heterocycles. The fourth-order valence-electron chi connectivity index (χ4n) is 3.75. The summed E-state index contributed by atoms with van der Waals surface area (Å²) in [5, 5.41) is 3.27. The molecule has 2 aromatic carbocycles. The summed E-state index contributed by atoms with van der Waals surface area (Å²) < 4.78 is 0. The maximum absolute atomic E-state index is 12.6. The summed E-state index contributed by atoms with van der Waals surface area (Å²) in [5.74, 6) is 0.692. The predicted octanol–water partition coefficient (Wildman–Crippen LogP) is 3.47. The zero-order chi connectivity index (χ0) is 20.2. The first kappa shape index (κ1) is 19.8. The van der Waals surface area contributed by atoms with Crippen molar-refractivity contribution >= 4 is 17.2 Å². The van der Waals surface area contributed by atoms with Crippen LogP contribution in [0.1, 0.15) is 41.4 Å². The molecule has 2 heterocycles. The van der Waals surface area contributed by atoms with Crippen LogP contribution in [-0.4, -0.2) is 42.0 Å². The molecule has 0 radical (unpaired) electrons. The van der Waals surface area contributed by atoms with Gasteiger partial charge in [0.2, 0.25) is 0 Å². The number of benzene rings is 2. The predicted molar refractivity (Wildman–Crippen MR) is 118 cm³/mol. The normalized spacial score (nSPS) is 15.1. The molecule has 29 heavy (non-hydrogen) atoms. The lowest BCUT2D eigenvalue weighted by molar-refractivity contribution is -0.917. The highest BCUT2D eigenvalue weighted by atomic mass is 32.1. The average Bonchev–Trinajstić information content (AvgIpc) is 3.23. The number of carbonyl (C=O) groups is 1. The number of quaternary nitrogens is 1. The van der Waals surface area contributed by atoms with E-state index in [2.05, 4.69) is 43.5 Å². The second-order valence-corrected chi connectivity index (χ2v) is 8.86. The van der Waals surface area contributed by atoms with Gasteiger partial charge in [0, 0.05) is 16.5 Å². The summed E-state index contributed by atoms with van der Waals surface area (Å²) in [6, 6.07) is 18.3. The molecule has 0 saturated carbocycles. The second-order valence-electron chi connectivity index (χ2n) is 8.01. The fraction of sp³-hybridized carbons (Fsp3) is 0.333. The topological polar surface area (TPSA) is 37.6 Å². The van der Waals surface area contributed by atoms with Crippen LogP contribution in [-0.2, 0) is 6.54 Å². The SMILES string of the molecule is CC(C)c1ccc(-c2nc(C[NH+]3CCN(C(=O)c4ccccc4)CC3)cs2)cc1. The molecule has 0 atom stereocenters. The van der Waals surface area contributed by atoms with Crippen LogP contribution in [0.5, 0.6) is 0 Å². The number of thiazole rings is 1. The van der Waals surface area contributed by atoms with Gasteiger partial charge in [0.25, 0.3) is 5.91 Å². The number of amides is 1. The number of rotatable bonds is 5. The van der Waals surface area contributed by atoms with E-state index in [-0.39, 0.29) is 5.91 Å². The van der Waals surface area contributed by atoms with Crippen molar-refractivity contribution in [1.29, 1.82) is 0 Å². The van der Waals surface area contributed by atoms with Gasteiger partial charge in [-0.2, -0.15) is 0 Å². The van der Waals surface area contributed by atoms with E-state index in [0.29, 0.717) is 5.92 Å². The number of carbonyl (C=O) groups excluding carboxylic acids is 1. The van der Waals surface area contributed by atoms with Gasteiger partial charge in [0.1, 0.15) is 17.2 Å². The summed E-state index contributed by atoms with van der Waals surface area (Å²) in [4.78, 5) is 20.9. The third-order valence-corrected chi connectivity index (χ3v) is 6.53. The van der Waals surface area contributed by atoms with Gasteiger partial charge < -0.3 is 9.80 Å². The Labute approximate surface area is 176 Å². The Morgan fingerprint density at radius 3 is 2.41 bits per heavy atom. The van der Waals surface area contributed by atoms with E-state index < -0.39 is 0 Å². The van der Waals surface area contributed by atoms with Crippen molar-refractivity contribution in [2.24, 2.45) is 0 Å². The Balaban J connectivity index is 1.33. The lowest BCUT2D eigenvalue weighted by Crippen LogP contribution is -3.13. The average molecular weight is 407 g/mol. The Kier molecular flexibility index (Phi) is 6.07. The van der Waals surface area contributed by atoms with E-state index >= 15 is 0 Å². The van der Waals surface area contributed by atoms with Crippen molar-refractivity contribution in [3.05, 3.63) is 76.8 Å². The van der Waals surface area contributed by atoms with Crippen LogP contribution in [0.2, 0.25) is 0 Å². The van der Waals surface area contributed by atoms with E-state index in [9.17, 15) is 4.79 Å². The van der Waals surface area contributed by atoms with Gasteiger partial charge in [0.05, 0.1) is 26.2 Å². The van der Waals surface area contributed by atoms with E-state index in [0.717, 1.165) is 49.0 Å². The first-order chi connectivity index (χ1) is 14.1. The highest BCUT2D eigenvalue weighted by Gasteiger charge is 2.25. The standard InChI is InChI=1S/C24H27N3OS/c1-18(2)19-8-10-20(11-9-19)23-25-22(17-29-23)16-26-12-14-27(15-13-26)24(28)21-6-4-3-5-7-21/h3-11,17-18H,12-16H2,1-2H3/p+1. The number of nitrogens with one attached hydrogen (secondary N) is 1. The number of piperazine rings is 1. The minimum Gasteiger partial charge on any atom is -0.327 e. The summed E-state index contributed by atoms with van der Waals surface area (Å²) in [5.41, 5.74) is 4.48. The molecule has 1 aliphatic heterocycles. The molecule has 4 rings (SSSR count). The zero-order valence-electron chi connectivity index (χ0n) is 17.1. The Morgan fingerprint density at radius 1 is 1.07 bits per heavy atom. The van der Waals surface area contributed by atoms with Crippen LogP contribution in [0.25, 0.3) is 10.6 Å². The lowest BCUT2D eigenvalue weighted by Gasteiger charge is -2.32. The first-order valence-corrected chi connectivity index (χ1v) is 11.2. The number of hydrogen-bond acceptors (Lipinski definition) is 3. The molecule has 0 bridgehead atoms. The second kappa shape index (κ2) is 8.89. The lowest BCUT2D eigenvalue weighted by atomic mass is 10.0. The van der Waals surface area contributed by atoms with Gasteiger partial charge in [-0.05, 0) is 23.6 Å². The van der Waals surface area contributed by atoms with Gasteiger partial charge in [-0.15, -0.1) is 11.3 Å². The van der Waals surface area contributed by atoms with Gasteiger partial charge in [0.15, 0.2) is 0 Å². The minimum absolute atomic E-state index is 0.144. The summed E-state index contributed by atoms with van der Waals surface area (Å²) in [6.45, 7) is 8.89. The molecule has 1 fully saturated rings. The molecule has 1 aromatic heterocycles.